The van der Waals surface area contributed by atoms with Crippen LogP contribution in [0.3, 0.4) is 0 Å². The van der Waals surface area contributed by atoms with Crippen LogP contribution in [-0.2, 0) is 6.42 Å². The smallest absolute Gasteiger partial charge is 0.0405 e. The predicted molar refractivity (Wildman–Crippen MR) is 61.2 cm³/mol. The van der Waals surface area contributed by atoms with Gasteiger partial charge in [-0.15, -0.1) is 0 Å². The van der Waals surface area contributed by atoms with Gasteiger partial charge in [-0.05, 0) is 30.7 Å². The fourth-order valence-electron chi connectivity index (χ4n) is 1.36. The van der Waals surface area contributed by atoms with E-state index in [-0.39, 0.29) is 0 Å². The molecular formula is C10H15BrN2. The Morgan fingerprint density at radius 3 is 2.62 bits per heavy atom. The molecule has 0 saturated heterocycles. The first-order valence-corrected chi connectivity index (χ1v) is 5.11. The van der Waals surface area contributed by atoms with Crippen LogP contribution in [-0.4, -0.2) is 20.6 Å². The number of hydrogen-bond donors (Lipinski definition) is 1. The first kappa shape index (κ1) is 10.5. The topological polar surface area (TPSA) is 29.3 Å². The van der Waals surface area contributed by atoms with Crippen molar-refractivity contribution in [1.29, 1.82) is 0 Å². The van der Waals surface area contributed by atoms with Crippen LogP contribution in [0.5, 0.6) is 0 Å². The molecule has 2 N–H and O–H groups in total. The van der Waals surface area contributed by atoms with E-state index in [0.717, 1.165) is 10.9 Å². The maximum Gasteiger partial charge on any atom is 0.0405 e. The van der Waals surface area contributed by atoms with Crippen molar-refractivity contribution in [2.24, 2.45) is 5.73 Å². The van der Waals surface area contributed by atoms with E-state index >= 15 is 0 Å². The van der Waals surface area contributed by atoms with Crippen LogP contribution in [0.15, 0.2) is 22.7 Å². The molecule has 0 bridgehead atoms. The summed E-state index contributed by atoms with van der Waals surface area (Å²) in [6, 6.07) is 6.20. The molecule has 0 aliphatic heterocycles. The summed E-state index contributed by atoms with van der Waals surface area (Å²) in [4.78, 5) is 2.11. The van der Waals surface area contributed by atoms with Gasteiger partial charge in [0.2, 0.25) is 0 Å². The lowest BCUT2D eigenvalue weighted by Gasteiger charge is -2.18. The van der Waals surface area contributed by atoms with Gasteiger partial charge in [-0.25, -0.2) is 0 Å². The molecule has 1 aromatic rings. The molecule has 13 heavy (non-hydrogen) atoms. The molecule has 0 aliphatic rings. The zero-order valence-corrected chi connectivity index (χ0v) is 9.63. The van der Waals surface area contributed by atoms with Gasteiger partial charge in [0.25, 0.3) is 0 Å². The molecule has 3 heteroatoms. The molecule has 72 valence electrons. The molecule has 0 atom stereocenters. The standard InChI is InChI=1S/C10H15BrN2/c1-13(2)10-5-3-4-9(11)8(10)6-7-12/h3-5H,6-7,12H2,1-2H3. The SMILES string of the molecule is CN(C)c1cccc(Br)c1CCN. The van der Waals surface area contributed by atoms with Gasteiger partial charge in [0.15, 0.2) is 0 Å². The third-order valence-corrected chi connectivity index (χ3v) is 2.71. The monoisotopic (exact) mass is 242 g/mol. The van der Waals surface area contributed by atoms with Crippen LogP contribution in [0, 0.1) is 0 Å². The number of hydrogen-bond acceptors (Lipinski definition) is 2. The fourth-order valence-corrected chi connectivity index (χ4v) is 1.91. The maximum absolute atomic E-state index is 5.56. The van der Waals surface area contributed by atoms with E-state index in [2.05, 4.69) is 33.0 Å². The second-order valence-corrected chi connectivity index (χ2v) is 4.02. The van der Waals surface area contributed by atoms with E-state index in [9.17, 15) is 0 Å². The Bertz CT molecular complexity index is 284. The van der Waals surface area contributed by atoms with Crippen molar-refractivity contribution in [3.05, 3.63) is 28.2 Å². The normalized spacial score (nSPS) is 10.2. The average Bonchev–Trinajstić information content (AvgIpc) is 2.08. The van der Waals surface area contributed by atoms with Crippen LogP contribution < -0.4 is 10.6 Å². The Kier molecular flexibility index (Phi) is 3.75. The lowest BCUT2D eigenvalue weighted by molar-refractivity contribution is 0.949. The van der Waals surface area contributed by atoms with E-state index in [1.807, 2.05) is 20.2 Å². The summed E-state index contributed by atoms with van der Waals surface area (Å²) in [5, 5.41) is 0. The molecule has 0 saturated carbocycles. The zero-order valence-electron chi connectivity index (χ0n) is 8.05. The molecule has 0 amide bonds. The van der Waals surface area contributed by atoms with Crippen molar-refractivity contribution in [3.63, 3.8) is 0 Å². The summed E-state index contributed by atoms with van der Waals surface area (Å²) < 4.78 is 1.14. The van der Waals surface area contributed by atoms with Gasteiger partial charge in [-0.3, -0.25) is 0 Å². The molecule has 0 heterocycles. The predicted octanol–water partition coefficient (Wildman–Crippen LogP) is 2.02. The van der Waals surface area contributed by atoms with Crippen LogP contribution in [0.4, 0.5) is 5.69 Å². The minimum Gasteiger partial charge on any atom is -0.377 e. The highest BCUT2D eigenvalue weighted by molar-refractivity contribution is 9.10. The van der Waals surface area contributed by atoms with Crippen LogP contribution in [0.1, 0.15) is 5.56 Å². The number of anilines is 1. The number of halogens is 1. The van der Waals surface area contributed by atoms with Gasteiger partial charge >= 0.3 is 0 Å². The number of nitrogens with zero attached hydrogens (tertiary/aromatic N) is 1. The molecule has 0 aromatic heterocycles. The van der Waals surface area contributed by atoms with Crippen LogP contribution >= 0.6 is 15.9 Å². The Balaban J connectivity index is 3.09. The summed E-state index contributed by atoms with van der Waals surface area (Å²) in [6.45, 7) is 0.684. The second-order valence-electron chi connectivity index (χ2n) is 3.17. The highest BCUT2D eigenvalue weighted by Gasteiger charge is 2.06. The van der Waals surface area contributed by atoms with Gasteiger partial charge in [0.1, 0.15) is 0 Å². The Morgan fingerprint density at radius 1 is 1.38 bits per heavy atom. The molecule has 0 fully saturated rings. The lowest BCUT2D eigenvalue weighted by atomic mass is 10.1. The summed E-state index contributed by atoms with van der Waals surface area (Å²) in [5.74, 6) is 0. The van der Waals surface area contributed by atoms with Crippen LogP contribution in [0.2, 0.25) is 0 Å². The average molecular weight is 243 g/mol. The van der Waals surface area contributed by atoms with E-state index in [1.54, 1.807) is 0 Å². The van der Waals surface area contributed by atoms with E-state index in [4.69, 9.17) is 5.73 Å². The molecule has 0 aliphatic carbocycles. The van der Waals surface area contributed by atoms with Crippen molar-refractivity contribution in [2.75, 3.05) is 25.5 Å². The number of nitrogens with two attached hydrogens (primary N) is 1. The van der Waals surface area contributed by atoms with Crippen molar-refractivity contribution < 1.29 is 0 Å². The van der Waals surface area contributed by atoms with Crippen molar-refractivity contribution >= 4 is 21.6 Å². The largest absolute Gasteiger partial charge is 0.377 e. The maximum atomic E-state index is 5.56. The van der Waals surface area contributed by atoms with E-state index in [0.29, 0.717) is 6.54 Å². The molecule has 1 aromatic carbocycles. The van der Waals surface area contributed by atoms with Gasteiger partial charge < -0.3 is 10.6 Å². The molecular weight excluding hydrogens is 228 g/mol. The summed E-state index contributed by atoms with van der Waals surface area (Å²) in [7, 11) is 4.09. The minimum absolute atomic E-state index is 0.684. The quantitative estimate of drug-likeness (QED) is 0.879. The summed E-state index contributed by atoms with van der Waals surface area (Å²) >= 11 is 3.53. The van der Waals surface area contributed by atoms with Crippen LogP contribution in [0.25, 0.3) is 0 Å². The zero-order chi connectivity index (χ0) is 9.84. The molecule has 2 nitrogen and oxygen atoms in total. The fraction of sp³-hybridized carbons (Fsp3) is 0.400. The van der Waals surface area contributed by atoms with Crippen molar-refractivity contribution in [2.45, 2.75) is 6.42 Å². The first-order chi connectivity index (χ1) is 6.16. The van der Waals surface area contributed by atoms with Gasteiger partial charge in [-0.2, -0.15) is 0 Å². The summed E-state index contributed by atoms with van der Waals surface area (Å²) in [6.07, 6.45) is 0.912. The third-order valence-electron chi connectivity index (χ3n) is 1.97. The van der Waals surface area contributed by atoms with Crippen molar-refractivity contribution in [1.82, 2.24) is 0 Å². The molecule has 0 spiro atoms. The second kappa shape index (κ2) is 4.63. The summed E-state index contributed by atoms with van der Waals surface area (Å²) in [5.41, 5.74) is 8.08. The number of rotatable bonds is 3. The first-order valence-electron chi connectivity index (χ1n) is 4.31. The highest BCUT2D eigenvalue weighted by Crippen LogP contribution is 2.26. The third kappa shape index (κ3) is 2.45. The Hall–Kier alpha value is -0.540. The molecule has 1 rings (SSSR count). The number of benzene rings is 1. The highest BCUT2D eigenvalue weighted by atomic mass is 79.9. The minimum atomic E-state index is 0.684. The van der Waals surface area contributed by atoms with Gasteiger partial charge in [-0.1, -0.05) is 22.0 Å². The molecule has 0 unspecified atom stereocenters. The van der Waals surface area contributed by atoms with Gasteiger partial charge in [0.05, 0.1) is 0 Å². The van der Waals surface area contributed by atoms with Gasteiger partial charge in [0, 0.05) is 24.3 Å². The Labute approximate surface area is 87.9 Å². The molecule has 0 radical (unpaired) electrons. The Morgan fingerprint density at radius 2 is 2.08 bits per heavy atom. The van der Waals surface area contributed by atoms with Crippen molar-refractivity contribution in [3.8, 4) is 0 Å². The lowest BCUT2D eigenvalue weighted by Crippen LogP contribution is -2.13. The van der Waals surface area contributed by atoms with E-state index in [1.165, 1.54) is 11.3 Å². The van der Waals surface area contributed by atoms with E-state index < -0.39 is 0 Å².